The lowest BCUT2D eigenvalue weighted by molar-refractivity contribution is 0.440. The van der Waals surface area contributed by atoms with Crippen molar-refractivity contribution in [3.8, 4) is 11.5 Å². The van der Waals surface area contributed by atoms with Gasteiger partial charge >= 0.3 is 0 Å². The fraction of sp³-hybridized carbons (Fsp3) is 0.0714. The first-order valence-electron chi connectivity index (χ1n) is 6.27. The van der Waals surface area contributed by atoms with E-state index in [1.807, 2.05) is 6.92 Å². The third-order valence-electron chi connectivity index (χ3n) is 2.98. The second-order valence-corrected chi connectivity index (χ2v) is 7.56. The molecule has 0 bridgehead atoms. The number of nitrogens with one attached hydrogen (secondary N) is 1. The topological polar surface area (TPSA) is 99.5 Å². The van der Waals surface area contributed by atoms with Crippen LogP contribution < -0.4 is 4.72 Å². The van der Waals surface area contributed by atoms with Gasteiger partial charge in [-0.2, -0.15) is 0 Å². The van der Waals surface area contributed by atoms with Gasteiger partial charge in [-0.05, 0) is 37.3 Å². The molecule has 6 nitrogen and oxygen atoms in total. The Hall–Kier alpha value is -2.32. The number of thiazole rings is 1. The van der Waals surface area contributed by atoms with E-state index >= 15 is 0 Å². The molecule has 3 N–H and O–H groups in total. The predicted molar refractivity (Wildman–Crippen MR) is 84.9 cm³/mol. The van der Waals surface area contributed by atoms with Gasteiger partial charge in [0.05, 0.1) is 20.9 Å². The Morgan fingerprint density at radius 3 is 2.64 bits per heavy atom. The Kier molecular flexibility index (Phi) is 3.42. The van der Waals surface area contributed by atoms with Gasteiger partial charge in [0, 0.05) is 6.07 Å². The van der Waals surface area contributed by atoms with Crippen molar-refractivity contribution in [1.29, 1.82) is 0 Å². The Balaban J connectivity index is 1.98. The normalized spacial score (nSPS) is 11.7. The van der Waals surface area contributed by atoms with Gasteiger partial charge in [-0.15, -0.1) is 11.3 Å². The standard InChI is InChI=1S/C14H12N2O4S2/c1-8-15-11-4-2-9(6-13(11)21-8)16-22(19,20)14-5-3-10(17)7-12(14)18/h2-7,16-18H,1H3. The molecule has 0 saturated carbocycles. The molecule has 0 unspecified atom stereocenters. The molecule has 0 spiro atoms. The molecule has 2 aromatic carbocycles. The SMILES string of the molecule is Cc1nc2ccc(NS(=O)(=O)c3ccc(O)cc3O)cc2s1. The quantitative estimate of drug-likeness (QED) is 0.683. The van der Waals surface area contributed by atoms with Crippen LogP contribution >= 0.6 is 11.3 Å². The number of sulfonamides is 1. The highest BCUT2D eigenvalue weighted by Crippen LogP contribution is 2.30. The van der Waals surface area contributed by atoms with Crippen LogP contribution in [0.25, 0.3) is 10.2 Å². The number of hydrogen-bond donors (Lipinski definition) is 3. The summed E-state index contributed by atoms with van der Waals surface area (Å²) in [7, 11) is -3.95. The van der Waals surface area contributed by atoms with Crippen LogP contribution in [0.5, 0.6) is 11.5 Å². The van der Waals surface area contributed by atoms with Crippen LogP contribution in [0.1, 0.15) is 5.01 Å². The highest BCUT2D eigenvalue weighted by Gasteiger charge is 2.19. The Morgan fingerprint density at radius 1 is 1.14 bits per heavy atom. The van der Waals surface area contributed by atoms with Crippen LogP contribution in [0.15, 0.2) is 41.3 Å². The predicted octanol–water partition coefficient (Wildman–Crippen LogP) is 2.82. The molecule has 0 aliphatic heterocycles. The molecule has 22 heavy (non-hydrogen) atoms. The van der Waals surface area contributed by atoms with E-state index in [2.05, 4.69) is 9.71 Å². The van der Waals surface area contributed by atoms with E-state index in [1.165, 1.54) is 17.4 Å². The van der Waals surface area contributed by atoms with Gasteiger partial charge < -0.3 is 10.2 Å². The van der Waals surface area contributed by atoms with Crippen molar-refractivity contribution in [3.63, 3.8) is 0 Å². The minimum atomic E-state index is -3.95. The van der Waals surface area contributed by atoms with Crippen LogP contribution in [0.2, 0.25) is 0 Å². The number of phenolic OH excluding ortho intramolecular Hbond substituents is 2. The molecule has 0 atom stereocenters. The van der Waals surface area contributed by atoms with Crippen molar-refractivity contribution in [2.45, 2.75) is 11.8 Å². The third-order valence-corrected chi connectivity index (χ3v) is 5.34. The number of aromatic nitrogens is 1. The smallest absolute Gasteiger partial charge is 0.265 e. The summed E-state index contributed by atoms with van der Waals surface area (Å²) >= 11 is 1.46. The molecular formula is C14H12N2O4S2. The summed E-state index contributed by atoms with van der Waals surface area (Å²) in [6, 6.07) is 8.34. The van der Waals surface area contributed by atoms with Gasteiger partial charge in [-0.25, -0.2) is 13.4 Å². The van der Waals surface area contributed by atoms with Crippen molar-refractivity contribution < 1.29 is 18.6 Å². The van der Waals surface area contributed by atoms with E-state index < -0.39 is 15.8 Å². The van der Waals surface area contributed by atoms with Gasteiger partial charge in [0.2, 0.25) is 0 Å². The molecule has 8 heteroatoms. The van der Waals surface area contributed by atoms with Crippen LogP contribution in [-0.2, 0) is 10.0 Å². The first-order valence-corrected chi connectivity index (χ1v) is 8.57. The average Bonchev–Trinajstić information content (AvgIpc) is 2.77. The van der Waals surface area contributed by atoms with Crippen LogP contribution in [0, 0.1) is 6.92 Å². The Labute approximate surface area is 130 Å². The van der Waals surface area contributed by atoms with E-state index in [9.17, 15) is 18.6 Å². The molecular weight excluding hydrogens is 324 g/mol. The molecule has 0 saturated heterocycles. The van der Waals surface area contributed by atoms with Crippen molar-refractivity contribution in [2.75, 3.05) is 4.72 Å². The summed E-state index contributed by atoms with van der Waals surface area (Å²) in [5.41, 5.74) is 1.18. The number of rotatable bonds is 3. The van der Waals surface area contributed by atoms with Crippen molar-refractivity contribution in [1.82, 2.24) is 4.98 Å². The van der Waals surface area contributed by atoms with E-state index in [0.29, 0.717) is 5.69 Å². The van der Waals surface area contributed by atoms with Gasteiger partial charge in [-0.1, -0.05) is 0 Å². The van der Waals surface area contributed by atoms with Gasteiger partial charge in [0.15, 0.2) is 0 Å². The van der Waals surface area contributed by atoms with Gasteiger partial charge in [0.25, 0.3) is 10.0 Å². The molecule has 0 radical (unpaired) electrons. The number of aryl methyl sites for hydroxylation is 1. The monoisotopic (exact) mass is 336 g/mol. The van der Waals surface area contributed by atoms with Crippen LogP contribution in [-0.4, -0.2) is 23.6 Å². The lowest BCUT2D eigenvalue weighted by Gasteiger charge is -2.09. The molecule has 3 rings (SSSR count). The van der Waals surface area contributed by atoms with Crippen molar-refractivity contribution in [2.24, 2.45) is 0 Å². The number of hydrogen-bond acceptors (Lipinski definition) is 6. The number of fused-ring (bicyclic) bond motifs is 1. The molecule has 0 aliphatic rings. The molecule has 1 heterocycles. The fourth-order valence-corrected chi connectivity index (χ4v) is 4.04. The minimum Gasteiger partial charge on any atom is -0.508 e. The molecule has 0 aliphatic carbocycles. The summed E-state index contributed by atoms with van der Waals surface area (Å²) in [5, 5.41) is 19.8. The largest absolute Gasteiger partial charge is 0.508 e. The lowest BCUT2D eigenvalue weighted by atomic mass is 10.3. The van der Waals surface area contributed by atoms with Crippen molar-refractivity contribution in [3.05, 3.63) is 41.4 Å². The third kappa shape index (κ3) is 2.70. The first-order chi connectivity index (χ1) is 10.3. The average molecular weight is 336 g/mol. The van der Waals surface area contributed by atoms with E-state index in [1.54, 1.807) is 18.2 Å². The van der Waals surface area contributed by atoms with Crippen LogP contribution in [0.4, 0.5) is 5.69 Å². The zero-order valence-corrected chi connectivity index (χ0v) is 13.1. The second-order valence-electron chi connectivity index (χ2n) is 4.67. The molecule has 0 amide bonds. The minimum absolute atomic E-state index is 0.210. The Bertz CT molecular complexity index is 964. The summed E-state index contributed by atoms with van der Waals surface area (Å²) in [6.07, 6.45) is 0. The maximum absolute atomic E-state index is 12.3. The summed E-state index contributed by atoms with van der Waals surface area (Å²) in [4.78, 5) is 4.01. The van der Waals surface area contributed by atoms with Gasteiger partial charge in [-0.3, -0.25) is 4.72 Å². The molecule has 3 aromatic rings. The second kappa shape index (κ2) is 5.15. The number of anilines is 1. The summed E-state index contributed by atoms with van der Waals surface area (Å²) < 4.78 is 27.9. The molecule has 114 valence electrons. The zero-order chi connectivity index (χ0) is 15.9. The fourth-order valence-electron chi connectivity index (χ4n) is 2.05. The maximum atomic E-state index is 12.3. The van der Waals surface area contributed by atoms with Gasteiger partial charge in [0.1, 0.15) is 16.4 Å². The van der Waals surface area contributed by atoms with Crippen molar-refractivity contribution >= 4 is 37.3 Å². The summed E-state index contributed by atoms with van der Waals surface area (Å²) in [6.45, 7) is 1.88. The van der Waals surface area contributed by atoms with Crippen LogP contribution in [0.3, 0.4) is 0 Å². The lowest BCUT2D eigenvalue weighted by Crippen LogP contribution is -2.12. The van der Waals surface area contributed by atoms with E-state index in [-0.39, 0.29) is 10.6 Å². The highest BCUT2D eigenvalue weighted by atomic mass is 32.2. The number of nitrogens with zero attached hydrogens (tertiary/aromatic N) is 1. The van der Waals surface area contributed by atoms with E-state index in [0.717, 1.165) is 27.4 Å². The van der Waals surface area contributed by atoms with E-state index in [4.69, 9.17) is 0 Å². The molecule has 1 aromatic heterocycles. The summed E-state index contributed by atoms with van der Waals surface area (Å²) in [5.74, 6) is -0.722. The number of phenols is 2. The number of aromatic hydroxyl groups is 2. The number of benzene rings is 2. The highest BCUT2D eigenvalue weighted by molar-refractivity contribution is 7.92. The molecule has 0 fully saturated rings. The zero-order valence-electron chi connectivity index (χ0n) is 11.4. The first kappa shape index (κ1) is 14.6. The maximum Gasteiger partial charge on any atom is 0.265 e. The Morgan fingerprint density at radius 2 is 1.91 bits per heavy atom.